The summed E-state index contributed by atoms with van der Waals surface area (Å²) in [5, 5.41) is 22.0. The summed E-state index contributed by atoms with van der Waals surface area (Å²) >= 11 is 0. The Morgan fingerprint density at radius 2 is 2.53 bits per heavy atom. The third-order valence-corrected chi connectivity index (χ3v) is 2.16. The minimum absolute atomic E-state index is 0.00916. The first-order valence-corrected chi connectivity index (χ1v) is 4.54. The van der Waals surface area contributed by atoms with Crippen LogP contribution >= 0.6 is 0 Å². The van der Waals surface area contributed by atoms with E-state index in [0.29, 0.717) is 24.3 Å². The number of nitrogens with one attached hydrogen (secondary N) is 2. The van der Waals surface area contributed by atoms with Gasteiger partial charge < -0.3 is 10.6 Å². The fourth-order valence-electron chi connectivity index (χ4n) is 1.43. The fraction of sp³-hybridized carbons (Fsp3) is 0.333. The van der Waals surface area contributed by atoms with E-state index in [1.54, 1.807) is 6.07 Å². The number of nitriles is 1. The Bertz CT molecular complexity index is 425. The molecule has 1 aliphatic rings. The van der Waals surface area contributed by atoms with Gasteiger partial charge >= 0.3 is 0 Å². The lowest BCUT2D eigenvalue weighted by atomic mass is 10.2. The molecule has 6 nitrogen and oxygen atoms in total. The van der Waals surface area contributed by atoms with Crippen molar-refractivity contribution < 1.29 is 4.79 Å². The Kier molecular flexibility index (Phi) is 2.46. The lowest BCUT2D eigenvalue weighted by Gasteiger charge is -2.10. The Morgan fingerprint density at radius 1 is 1.67 bits per heavy atom. The lowest BCUT2D eigenvalue weighted by Crippen LogP contribution is -2.23. The fourth-order valence-corrected chi connectivity index (χ4v) is 1.43. The summed E-state index contributed by atoms with van der Waals surface area (Å²) < 4.78 is 0. The van der Waals surface area contributed by atoms with Crippen LogP contribution in [-0.4, -0.2) is 28.7 Å². The molecule has 1 aliphatic heterocycles. The van der Waals surface area contributed by atoms with Crippen LogP contribution < -0.4 is 10.6 Å². The van der Waals surface area contributed by atoms with Crippen LogP contribution in [0.25, 0.3) is 0 Å². The number of nitrogens with zero attached hydrogens (tertiary/aromatic N) is 3. The molecule has 0 radical (unpaired) electrons. The molecular formula is C9H9N5O. The first kappa shape index (κ1) is 9.40. The van der Waals surface area contributed by atoms with Crippen LogP contribution in [0.1, 0.15) is 12.0 Å². The number of amides is 1. The van der Waals surface area contributed by atoms with Gasteiger partial charge in [0, 0.05) is 13.0 Å². The van der Waals surface area contributed by atoms with Gasteiger partial charge in [0.2, 0.25) is 5.91 Å². The highest BCUT2D eigenvalue weighted by atomic mass is 16.1. The minimum Gasteiger partial charge on any atom is -0.362 e. The third-order valence-electron chi connectivity index (χ3n) is 2.16. The second kappa shape index (κ2) is 3.92. The van der Waals surface area contributed by atoms with Gasteiger partial charge in [-0.05, 0) is 6.07 Å². The molecule has 1 aromatic heterocycles. The molecule has 1 aromatic rings. The van der Waals surface area contributed by atoms with Crippen LogP contribution in [0.2, 0.25) is 0 Å². The molecule has 0 aliphatic carbocycles. The largest absolute Gasteiger partial charge is 0.362 e. The molecule has 15 heavy (non-hydrogen) atoms. The van der Waals surface area contributed by atoms with Gasteiger partial charge in [-0.3, -0.25) is 4.79 Å². The molecular weight excluding hydrogens is 194 g/mol. The zero-order valence-corrected chi connectivity index (χ0v) is 7.90. The Balaban J connectivity index is 2.11. The molecule has 0 aromatic carbocycles. The van der Waals surface area contributed by atoms with Gasteiger partial charge in [-0.1, -0.05) is 0 Å². The van der Waals surface area contributed by atoms with Crippen LogP contribution in [0.5, 0.6) is 0 Å². The van der Waals surface area contributed by atoms with E-state index in [9.17, 15) is 4.79 Å². The monoisotopic (exact) mass is 203 g/mol. The van der Waals surface area contributed by atoms with Crippen LogP contribution in [0.15, 0.2) is 12.3 Å². The van der Waals surface area contributed by atoms with Gasteiger partial charge in [0.05, 0.1) is 17.8 Å². The Labute approximate surface area is 86.3 Å². The van der Waals surface area contributed by atoms with Crippen molar-refractivity contribution >= 4 is 11.7 Å². The van der Waals surface area contributed by atoms with Crippen molar-refractivity contribution in [1.29, 1.82) is 5.26 Å². The molecule has 2 heterocycles. The Hall–Kier alpha value is -2.16. The number of anilines is 1. The predicted molar refractivity (Wildman–Crippen MR) is 51.8 cm³/mol. The second-order valence-electron chi connectivity index (χ2n) is 3.25. The minimum atomic E-state index is -0.0127. The van der Waals surface area contributed by atoms with Crippen molar-refractivity contribution in [2.24, 2.45) is 0 Å². The molecule has 2 rings (SSSR count). The standard InChI is InChI=1S/C9H9N5O/c10-4-6-1-2-12-14-9(6)13-7-3-8(15)11-5-7/h1-2,7H,3,5H2,(H,11,15)(H,13,14). The van der Waals surface area contributed by atoms with Crippen molar-refractivity contribution in [3.05, 3.63) is 17.8 Å². The highest BCUT2D eigenvalue weighted by Gasteiger charge is 2.22. The molecule has 1 atom stereocenters. The molecule has 1 unspecified atom stereocenters. The van der Waals surface area contributed by atoms with E-state index in [1.165, 1.54) is 6.20 Å². The summed E-state index contributed by atoms with van der Waals surface area (Å²) in [6.45, 7) is 0.556. The molecule has 76 valence electrons. The lowest BCUT2D eigenvalue weighted by molar-refractivity contribution is -0.119. The quantitative estimate of drug-likeness (QED) is 0.685. The summed E-state index contributed by atoms with van der Waals surface area (Å²) in [4.78, 5) is 10.9. The van der Waals surface area contributed by atoms with Gasteiger partial charge in [-0.15, -0.1) is 5.10 Å². The zero-order chi connectivity index (χ0) is 10.7. The summed E-state index contributed by atoms with van der Waals surface area (Å²) in [5.41, 5.74) is 0.435. The smallest absolute Gasteiger partial charge is 0.222 e. The molecule has 1 fully saturated rings. The van der Waals surface area contributed by atoms with Crippen LogP contribution in [0.4, 0.5) is 5.82 Å². The van der Waals surface area contributed by atoms with Crippen molar-refractivity contribution in [1.82, 2.24) is 15.5 Å². The van der Waals surface area contributed by atoms with Crippen molar-refractivity contribution in [3.63, 3.8) is 0 Å². The number of hydrogen-bond donors (Lipinski definition) is 2. The van der Waals surface area contributed by atoms with E-state index in [4.69, 9.17) is 5.26 Å². The number of carbonyl (C=O) groups is 1. The molecule has 1 saturated heterocycles. The summed E-state index contributed by atoms with van der Waals surface area (Å²) in [7, 11) is 0. The number of rotatable bonds is 2. The molecule has 0 spiro atoms. The van der Waals surface area contributed by atoms with Crippen LogP contribution in [0.3, 0.4) is 0 Å². The summed E-state index contributed by atoms with van der Waals surface area (Å²) in [6, 6.07) is 3.58. The summed E-state index contributed by atoms with van der Waals surface area (Å²) in [6.07, 6.45) is 1.86. The third kappa shape index (κ3) is 2.02. The topological polar surface area (TPSA) is 90.7 Å². The van der Waals surface area contributed by atoms with Crippen molar-refractivity contribution in [2.45, 2.75) is 12.5 Å². The predicted octanol–water partition coefficient (Wildman–Crippen LogP) is -0.351. The maximum Gasteiger partial charge on any atom is 0.222 e. The van der Waals surface area contributed by atoms with E-state index < -0.39 is 0 Å². The first-order valence-electron chi connectivity index (χ1n) is 4.54. The molecule has 6 heteroatoms. The normalized spacial score (nSPS) is 19.4. The van der Waals surface area contributed by atoms with Gasteiger partial charge in [0.1, 0.15) is 6.07 Å². The maximum absolute atomic E-state index is 10.9. The molecule has 1 amide bonds. The van der Waals surface area contributed by atoms with E-state index in [2.05, 4.69) is 20.8 Å². The molecule has 2 N–H and O–H groups in total. The van der Waals surface area contributed by atoms with Crippen molar-refractivity contribution in [3.8, 4) is 6.07 Å². The highest BCUT2D eigenvalue weighted by Crippen LogP contribution is 2.12. The van der Waals surface area contributed by atoms with Gasteiger partial charge in [0.15, 0.2) is 5.82 Å². The molecule has 0 saturated carbocycles. The van der Waals surface area contributed by atoms with Gasteiger partial charge in [-0.2, -0.15) is 10.4 Å². The number of hydrogen-bond acceptors (Lipinski definition) is 5. The van der Waals surface area contributed by atoms with Crippen LogP contribution in [-0.2, 0) is 4.79 Å². The number of carbonyl (C=O) groups excluding carboxylic acids is 1. The highest BCUT2D eigenvalue weighted by molar-refractivity contribution is 5.79. The van der Waals surface area contributed by atoms with E-state index in [-0.39, 0.29) is 11.9 Å². The zero-order valence-electron chi connectivity index (χ0n) is 7.90. The van der Waals surface area contributed by atoms with Gasteiger partial charge in [-0.25, -0.2) is 0 Å². The van der Waals surface area contributed by atoms with Crippen LogP contribution in [0, 0.1) is 11.3 Å². The SMILES string of the molecule is N#Cc1ccnnc1NC1CNC(=O)C1. The van der Waals surface area contributed by atoms with Crippen molar-refractivity contribution in [2.75, 3.05) is 11.9 Å². The summed E-state index contributed by atoms with van der Waals surface area (Å²) in [5.74, 6) is 0.441. The van der Waals surface area contributed by atoms with E-state index in [0.717, 1.165) is 0 Å². The first-order chi connectivity index (χ1) is 7.29. The van der Waals surface area contributed by atoms with E-state index >= 15 is 0 Å². The second-order valence-corrected chi connectivity index (χ2v) is 3.25. The van der Waals surface area contributed by atoms with Gasteiger partial charge in [0.25, 0.3) is 0 Å². The number of aromatic nitrogens is 2. The molecule has 0 bridgehead atoms. The average molecular weight is 203 g/mol. The average Bonchev–Trinajstić information content (AvgIpc) is 2.65. The van der Waals surface area contributed by atoms with E-state index in [1.807, 2.05) is 6.07 Å². The Morgan fingerprint density at radius 3 is 3.20 bits per heavy atom. The maximum atomic E-state index is 10.9.